The van der Waals surface area contributed by atoms with Gasteiger partial charge < -0.3 is 24.5 Å². The monoisotopic (exact) mass is 493 g/mol. The number of nitrogens with one attached hydrogen (secondary N) is 2. The van der Waals surface area contributed by atoms with Crippen molar-refractivity contribution in [3.05, 3.63) is 90.5 Å². The zero-order valence-corrected chi connectivity index (χ0v) is 21.1. The predicted octanol–water partition coefficient (Wildman–Crippen LogP) is 5.20. The second kappa shape index (κ2) is 9.66. The van der Waals surface area contributed by atoms with E-state index in [1.165, 1.54) is 4.90 Å². The number of para-hydroxylation sites is 1. The molecule has 0 spiro atoms. The van der Waals surface area contributed by atoms with Crippen LogP contribution in [0.15, 0.2) is 79.3 Å². The SMILES string of the molecule is COc1ccccc1-c1c[nH]c2ncc(-c3ccc(NC(=O)c4cccn4C)c(C(=O)N(C)C)c3)cc12. The number of carbonyl (C=O) groups is 2. The maximum Gasteiger partial charge on any atom is 0.272 e. The van der Waals surface area contributed by atoms with E-state index in [-0.39, 0.29) is 11.8 Å². The summed E-state index contributed by atoms with van der Waals surface area (Å²) in [7, 11) is 6.82. The van der Waals surface area contributed by atoms with Crippen LogP contribution in [-0.4, -0.2) is 52.5 Å². The minimum atomic E-state index is -0.287. The van der Waals surface area contributed by atoms with Crippen LogP contribution >= 0.6 is 0 Å². The van der Waals surface area contributed by atoms with Gasteiger partial charge in [-0.25, -0.2) is 4.98 Å². The third kappa shape index (κ3) is 4.45. The lowest BCUT2D eigenvalue weighted by Crippen LogP contribution is -2.24. The smallest absolute Gasteiger partial charge is 0.272 e. The number of amides is 2. The van der Waals surface area contributed by atoms with E-state index in [1.807, 2.05) is 42.6 Å². The van der Waals surface area contributed by atoms with E-state index in [2.05, 4.69) is 15.3 Å². The Labute approximate surface area is 214 Å². The van der Waals surface area contributed by atoms with E-state index in [0.717, 1.165) is 39.0 Å². The molecule has 0 atom stereocenters. The van der Waals surface area contributed by atoms with Crippen LogP contribution in [0.5, 0.6) is 5.75 Å². The van der Waals surface area contributed by atoms with Gasteiger partial charge in [-0.2, -0.15) is 0 Å². The largest absolute Gasteiger partial charge is 0.496 e. The Bertz CT molecular complexity index is 1630. The summed E-state index contributed by atoms with van der Waals surface area (Å²) in [6.45, 7) is 0. The highest BCUT2D eigenvalue weighted by atomic mass is 16.5. The van der Waals surface area contributed by atoms with Crippen LogP contribution < -0.4 is 10.1 Å². The molecular weight excluding hydrogens is 466 g/mol. The number of carbonyl (C=O) groups excluding carboxylic acids is 2. The number of rotatable bonds is 6. The Kier molecular flexibility index (Phi) is 6.23. The normalized spacial score (nSPS) is 10.9. The van der Waals surface area contributed by atoms with Gasteiger partial charge in [-0.1, -0.05) is 24.3 Å². The molecule has 0 saturated carbocycles. The fraction of sp³-hybridized carbons (Fsp3) is 0.138. The van der Waals surface area contributed by atoms with Gasteiger partial charge in [-0.15, -0.1) is 0 Å². The summed E-state index contributed by atoms with van der Waals surface area (Å²) in [4.78, 5) is 35.3. The summed E-state index contributed by atoms with van der Waals surface area (Å²) >= 11 is 0. The number of benzene rings is 2. The van der Waals surface area contributed by atoms with Crippen molar-refractivity contribution in [2.24, 2.45) is 7.05 Å². The summed E-state index contributed by atoms with van der Waals surface area (Å²) < 4.78 is 7.29. The third-order valence-corrected chi connectivity index (χ3v) is 6.34. The van der Waals surface area contributed by atoms with E-state index in [1.54, 1.807) is 69.5 Å². The van der Waals surface area contributed by atoms with Gasteiger partial charge >= 0.3 is 0 Å². The van der Waals surface area contributed by atoms with Crippen molar-refractivity contribution >= 4 is 28.5 Å². The fourth-order valence-electron chi connectivity index (χ4n) is 4.39. The molecule has 0 bridgehead atoms. The Hall–Kier alpha value is -4.85. The van der Waals surface area contributed by atoms with Crippen molar-refractivity contribution in [3.8, 4) is 28.0 Å². The van der Waals surface area contributed by atoms with E-state index < -0.39 is 0 Å². The summed E-state index contributed by atoms with van der Waals surface area (Å²) in [5.41, 5.74) is 5.66. The summed E-state index contributed by atoms with van der Waals surface area (Å²) in [6.07, 6.45) is 5.49. The number of methoxy groups -OCH3 is 1. The molecule has 5 rings (SSSR count). The van der Waals surface area contributed by atoms with Crippen molar-refractivity contribution in [1.82, 2.24) is 19.4 Å². The number of H-pyrrole nitrogens is 1. The maximum atomic E-state index is 13.1. The molecule has 37 heavy (non-hydrogen) atoms. The lowest BCUT2D eigenvalue weighted by molar-refractivity contribution is 0.0828. The molecule has 0 aliphatic heterocycles. The third-order valence-electron chi connectivity index (χ3n) is 6.34. The van der Waals surface area contributed by atoms with Crippen molar-refractivity contribution in [2.45, 2.75) is 0 Å². The van der Waals surface area contributed by atoms with Crippen LogP contribution in [0.25, 0.3) is 33.3 Å². The second-order valence-electron chi connectivity index (χ2n) is 8.94. The highest BCUT2D eigenvalue weighted by Gasteiger charge is 2.19. The minimum Gasteiger partial charge on any atom is -0.496 e. The molecule has 3 heterocycles. The molecule has 0 aliphatic rings. The lowest BCUT2D eigenvalue weighted by Gasteiger charge is -2.16. The van der Waals surface area contributed by atoms with Crippen LogP contribution in [-0.2, 0) is 7.05 Å². The van der Waals surface area contributed by atoms with Crippen molar-refractivity contribution in [1.29, 1.82) is 0 Å². The molecule has 0 aliphatic carbocycles. The van der Waals surface area contributed by atoms with E-state index in [0.29, 0.717) is 16.9 Å². The molecule has 8 nitrogen and oxygen atoms in total. The first-order valence-corrected chi connectivity index (χ1v) is 11.8. The van der Waals surface area contributed by atoms with Crippen molar-refractivity contribution in [2.75, 3.05) is 26.5 Å². The highest BCUT2D eigenvalue weighted by Crippen LogP contribution is 2.36. The zero-order valence-electron chi connectivity index (χ0n) is 21.1. The Morgan fingerprint density at radius 1 is 1.00 bits per heavy atom. The number of anilines is 1. The van der Waals surface area contributed by atoms with Crippen LogP contribution in [0.1, 0.15) is 20.8 Å². The number of pyridine rings is 1. The second-order valence-corrected chi connectivity index (χ2v) is 8.94. The number of hydrogen-bond acceptors (Lipinski definition) is 4. The van der Waals surface area contributed by atoms with Crippen LogP contribution in [0.3, 0.4) is 0 Å². The lowest BCUT2D eigenvalue weighted by atomic mass is 9.99. The van der Waals surface area contributed by atoms with Crippen LogP contribution in [0.2, 0.25) is 0 Å². The van der Waals surface area contributed by atoms with E-state index >= 15 is 0 Å². The molecule has 2 N–H and O–H groups in total. The molecule has 8 heteroatoms. The number of nitrogens with zero attached hydrogens (tertiary/aromatic N) is 3. The number of fused-ring (bicyclic) bond motifs is 1. The van der Waals surface area contributed by atoms with Crippen LogP contribution in [0, 0.1) is 0 Å². The fourth-order valence-corrected chi connectivity index (χ4v) is 4.39. The molecule has 3 aromatic heterocycles. The van der Waals surface area contributed by atoms with Gasteiger partial charge in [0.1, 0.15) is 17.1 Å². The van der Waals surface area contributed by atoms with Gasteiger partial charge in [-0.05, 0) is 42.0 Å². The van der Waals surface area contributed by atoms with Gasteiger partial charge in [0.2, 0.25) is 0 Å². The summed E-state index contributed by atoms with van der Waals surface area (Å²) in [5, 5.41) is 3.83. The molecule has 0 saturated heterocycles. The molecule has 0 unspecified atom stereocenters. The topological polar surface area (TPSA) is 92.2 Å². The van der Waals surface area contributed by atoms with Gasteiger partial charge in [-0.3, -0.25) is 9.59 Å². The Morgan fingerprint density at radius 3 is 2.54 bits per heavy atom. The molecule has 186 valence electrons. The number of aromatic amines is 1. The summed E-state index contributed by atoms with van der Waals surface area (Å²) in [6, 6.07) is 18.8. The standard InChI is InChI=1S/C29H27N5O3/c1-33(2)29(36)22-14-18(11-12-24(22)32-28(35)25-9-7-13-34(25)3)19-15-21-23(17-31-27(21)30-16-19)20-8-5-6-10-26(20)37-4/h5-17H,1-4H3,(H,30,31)(H,32,35). The summed E-state index contributed by atoms with van der Waals surface area (Å²) in [5.74, 6) is 0.269. The first-order valence-electron chi connectivity index (χ1n) is 11.8. The van der Waals surface area contributed by atoms with Crippen molar-refractivity contribution < 1.29 is 14.3 Å². The quantitative estimate of drug-likeness (QED) is 0.340. The molecular formula is C29H27N5O3. The van der Waals surface area contributed by atoms with E-state index in [4.69, 9.17) is 4.74 Å². The zero-order chi connectivity index (χ0) is 26.1. The molecule has 5 aromatic rings. The van der Waals surface area contributed by atoms with Gasteiger partial charge in [0.05, 0.1) is 18.4 Å². The molecule has 0 radical (unpaired) electrons. The van der Waals surface area contributed by atoms with Gasteiger partial charge in [0, 0.05) is 61.8 Å². The first-order chi connectivity index (χ1) is 17.9. The number of ether oxygens (including phenoxy) is 1. The predicted molar refractivity (Wildman–Crippen MR) is 145 cm³/mol. The molecule has 2 aromatic carbocycles. The van der Waals surface area contributed by atoms with E-state index in [9.17, 15) is 9.59 Å². The molecule has 0 fully saturated rings. The van der Waals surface area contributed by atoms with Crippen molar-refractivity contribution in [3.63, 3.8) is 0 Å². The maximum absolute atomic E-state index is 13.1. The minimum absolute atomic E-state index is 0.213. The van der Waals surface area contributed by atoms with Crippen LogP contribution in [0.4, 0.5) is 5.69 Å². The number of aryl methyl sites for hydroxylation is 1. The average molecular weight is 494 g/mol. The highest BCUT2D eigenvalue weighted by molar-refractivity contribution is 6.09. The average Bonchev–Trinajstić information content (AvgIpc) is 3.54. The number of aromatic nitrogens is 3. The molecule has 2 amide bonds. The van der Waals surface area contributed by atoms with Gasteiger partial charge in [0.15, 0.2) is 0 Å². The Balaban J connectivity index is 1.57. The van der Waals surface area contributed by atoms with Gasteiger partial charge in [0.25, 0.3) is 11.8 Å². The first kappa shape index (κ1) is 23.9. The number of hydrogen-bond donors (Lipinski definition) is 2. The Morgan fingerprint density at radius 2 is 1.81 bits per heavy atom.